The molecule has 0 aliphatic rings. The van der Waals surface area contributed by atoms with Crippen molar-refractivity contribution in [3.8, 4) is 17.5 Å². The van der Waals surface area contributed by atoms with Crippen molar-refractivity contribution in [2.75, 3.05) is 0 Å². The van der Waals surface area contributed by atoms with Crippen molar-refractivity contribution in [1.29, 1.82) is 5.26 Å². The Morgan fingerprint density at radius 3 is 2.81 bits per heavy atom. The molecule has 2 rings (SSSR count). The van der Waals surface area contributed by atoms with E-state index in [4.69, 9.17) is 9.68 Å². The Morgan fingerprint density at radius 2 is 2.25 bits per heavy atom. The van der Waals surface area contributed by atoms with E-state index in [9.17, 15) is 4.79 Å². The van der Waals surface area contributed by atoms with Crippen LogP contribution in [0.25, 0.3) is 11.5 Å². The smallest absolute Gasteiger partial charge is 0.267 e. The Hall–Kier alpha value is -2.35. The number of aryl methyl sites for hydroxylation is 2. The van der Waals surface area contributed by atoms with E-state index in [1.807, 2.05) is 6.07 Å². The van der Waals surface area contributed by atoms with Crippen LogP contribution in [0.1, 0.15) is 11.3 Å². The van der Waals surface area contributed by atoms with Crippen molar-refractivity contribution in [3.63, 3.8) is 0 Å². The number of aromatic nitrogens is 2. The van der Waals surface area contributed by atoms with Crippen LogP contribution in [0.5, 0.6) is 0 Å². The highest BCUT2D eigenvalue weighted by Gasteiger charge is 2.12. The van der Waals surface area contributed by atoms with E-state index in [-0.39, 0.29) is 11.1 Å². The summed E-state index contributed by atoms with van der Waals surface area (Å²) < 4.78 is 6.55. The summed E-state index contributed by atoms with van der Waals surface area (Å²) in [6, 6.07) is 6.69. The minimum atomic E-state index is -0.316. The van der Waals surface area contributed by atoms with E-state index in [1.54, 1.807) is 19.1 Å². The molecule has 0 aromatic carbocycles. The lowest BCUT2D eigenvalue weighted by Gasteiger charge is -2.01. The van der Waals surface area contributed by atoms with Crippen LogP contribution in [0.3, 0.4) is 0 Å². The van der Waals surface area contributed by atoms with Crippen LogP contribution in [0.4, 0.5) is 0 Å². The second-order valence-corrected chi connectivity index (χ2v) is 3.39. The number of nitriles is 1. The molecule has 0 radical (unpaired) electrons. The SMILES string of the molecule is Cc1ccc(-c2nn(C)c(=O)cc2C#N)o1. The molecule has 0 amide bonds. The van der Waals surface area contributed by atoms with Crippen LogP contribution in [0.2, 0.25) is 0 Å². The normalized spacial score (nSPS) is 10.1. The van der Waals surface area contributed by atoms with Crippen molar-refractivity contribution in [2.24, 2.45) is 7.05 Å². The summed E-state index contributed by atoms with van der Waals surface area (Å²) in [6.45, 7) is 1.80. The molecule has 0 atom stereocenters. The molecular weight excluding hydrogens is 206 g/mol. The molecule has 0 N–H and O–H groups in total. The summed E-state index contributed by atoms with van der Waals surface area (Å²) in [4.78, 5) is 11.3. The van der Waals surface area contributed by atoms with Gasteiger partial charge in [0.25, 0.3) is 5.56 Å². The third-order valence-electron chi connectivity index (χ3n) is 2.19. The standard InChI is InChI=1S/C11H9N3O2/c1-7-3-4-9(16-7)11-8(6-12)5-10(15)14(2)13-11/h3-5H,1-2H3. The Balaban J connectivity index is 2.70. The summed E-state index contributed by atoms with van der Waals surface area (Å²) in [6.07, 6.45) is 0. The summed E-state index contributed by atoms with van der Waals surface area (Å²) in [5.41, 5.74) is 0.290. The first-order chi connectivity index (χ1) is 7.61. The molecule has 0 saturated carbocycles. The Kier molecular flexibility index (Phi) is 2.33. The number of hydrogen-bond acceptors (Lipinski definition) is 4. The molecule has 2 aromatic heterocycles. The van der Waals surface area contributed by atoms with Crippen LogP contribution in [-0.2, 0) is 7.05 Å². The first-order valence-electron chi connectivity index (χ1n) is 4.67. The topological polar surface area (TPSA) is 71.8 Å². The van der Waals surface area contributed by atoms with Gasteiger partial charge in [-0.1, -0.05) is 0 Å². The highest BCUT2D eigenvalue weighted by molar-refractivity contribution is 5.60. The summed E-state index contributed by atoms with van der Waals surface area (Å²) in [5.74, 6) is 1.22. The second-order valence-electron chi connectivity index (χ2n) is 3.39. The Morgan fingerprint density at radius 1 is 1.50 bits per heavy atom. The zero-order chi connectivity index (χ0) is 11.7. The van der Waals surface area contributed by atoms with Crippen LogP contribution >= 0.6 is 0 Å². The predicted octanol–water partition coefficient (Wildman–Crippen LogP) is 1.22. The summed E-state index contributed by atoms with van der Waals surface area (Å²) in [7, 11) is 1.53. The molecule has 0 aliphatic carbocycles. The van der Waals surface area contributed by atoms with E-state index in [2.05, 4.69) is 5.10 Å². The molecule has 0 unspecified atom stereocenters. The maximum atomic E-state index is 11.3. The molecule has 16 heavy (non-hydrogen) atoms. The minimum absolute atomic E-state index is 0.220. The van der Waals surface area contributed by atoms with Gasteiger partial charge in [0.1, 0.15) is 17.5 Å². The van der Waals surface area contributed by atoms with Crippen molar-refractivity contribution in [1.82, 2.24) is 9.78 Å². The molecule has 5 nitrogen and oxygen atoms in total. The summed E-state index contributed by atoms with van der Waals surface area (Å²) in [5, 5.41) is 12.9. The van der Waals surface area contributed by atoms with E-state index >= 15 is 0 Å². The van der Waals surface area contributed by atoms with Crippen molar-refractivity contribution in [2.45, 2.75) is 6.92 Å². The number of hydrogen-bond donors (Lipinski definition) is 0. The third kappa shape index (κ3) is 1.61. The van der Waals surface area contributed by atoms with Crippen LogP contribution in [0.15, 0.2) is 27.4 Å². The fourth-order valence-electron chi connectivity index (χ4n) is 1.37. The van der Waals surface area contributed by atoms with Gasteiger partial charge in [0.05, 0.1) is 5.56 Å². The lowest BCUT2D eigenvalue weighted by atomic mass is 10.2. The predicted molar refractivity (Wildman–Crippen MR) is 56.6 cm³/mol. The van der Waals surface area contributed by atoms with E-state index in [1.165, 1.54) is 17.8 Å². The summed E-state index contributed by atoms with van der Waals surface area (Å²) >= 11 is 0. The lowest BCUT2D eigenvalue weighted by Crippen LogP contribution is -2.19. The van der Waals surface area contributed by atoms with Crippen LogP contribution in [0, 0.1) is 18.3 Å². The van der Waals surface area contributed by atoms with Crippen LogP contribution < -0.4 is 5.56 Å². The molecule has 0 bridgehead atoms. The van der Waals surface area contributed by atoms with Crippen LogP contribution in [-0.4, -0.2) is 9.78 Å². The van der Waals surface area contributed by atoms with Crippen molar-refractivity contribution >= 4 is 0 Å². The first kappa shape index (κ1) is 10.2. The fourth-order valence-corrected chi connectivity index (χ4v) is 1.37. The zero-order valence-corrected chi connectivity index (χ0v) is 8.89. The fraction of sp³-hybridized carbons (Fsp3) is 0.182. The first-order valence-corrected chi connectivity index (χ1v) is 4.67. The zero-order valence-electron chi connectivity index (χ0n) is 8.89. The molecule has 2 aromatic rings. The molecule has 0 aliphatic heterocycles. The maximum Gasteiger partial charge on any atom is 0.267 e. The quantitative estimate of drug-likeness (QED) is 0.717. The molecule has 0 saturated heterocycles. The molecular formula is C11H9N3O2. The average Bonchev–Trinajstić information content (AvgIpc) is 2.68. The molecule has 0 spiro atoms. The van der Waals surface area contributed by atoms with E-state index in [0.717, 1.165) is 5.76 Å². The largest absolute Gasteiger partial charge is 0.460 e. The van der Waals surface area contributed by atoms with E-state index in [0.29, 0.717) is 11.5 Å². The van der Waals surface area contributed by atoms with E-state index < -0.39 is 0 Å². The third-order valence-corrected chi connectivity index (χ3v) is 2.19. The van der Waals surface area contributed by atoms with Gasteiger partial charge >= 0.3 is 0 Å². The minimum Gasteiger partial charge on any atom is -0.460 e. The van der Waals surface area contributed by atoms with Crippen molar-refractivity contribution < 1.29 is 4.42 Å². The molecule has 2 heterocycles. The highest BCUT2D eigenvalue weighted by atomic mass is 16.3. The number of furan rings is 1. The van der Waals surface area contributed by atoms with Gasteiger partial charge in [0.15, 0.2) is 5.76 Å². The van der Waals surface area contributed by atoms with Gasteiger partial charge in [0.2, 0.25) is 0 Å². The highest BCUT2D eigenvalue weighted by Crippen LogP contribution is 2.21. The van der Waals surface area contributed by atoms with Gasteiger partial charge in [-0.25, -0.2) is 4.68 Å². The van der Waals surface area contributed by atoms with Gasteiger partial charge in [-0.15, -0.1) is 0 Å². The number of rotatable bonds is 1. The molecule has 5 heteroatoms. The average molecular weight is 215 g/mol. The Labute approximate surface area is 91.5 Å². The van der Waals surface area contributed by atoms with Gasteiger partial charge < -0.3 is 4.42 Å². The van der Waals surface area contributed by atoms with Gasteiger partial charge in [-0.05, 0) is 19.1 Å². The lowest BCUT2D eigenvalue weighted by molar-refractivity contribution is 0.542. The van der Waals surface area contributed by atoms with Gasteiger partial charge in [-0.3, -0.25) is 4.79 Å². The number of nitrogens with zero attached hydrogens (tertiary/aromatic N) is 3. The van der Waals surface area contributed by atoms with Gasteiger partial charge in [0, 0.05) is 13.1 Å². The van der Waals surface area contributed by atoms with Crippen molar-refractivity contribution in [3.05, 3.63) is 39.9 Å². The Bertz CT molecular complexity index is 631. The maximum absolute atomic E-state index is 11.3. The van der Waals surface area contributed by atoms with Gasteiger partial charge in [-0.2, -0.15) is 10.4 Å². The monoisotopic (exact) mass is 215 g/mol. The molecule has 80 valence electrons. The second kappa shape index (κ2) is 3.66. The molecule has 0 fully saturated rings.